The number of nitrogens with two attached hydrogens (primary N) is 1. The Morgan fingerprint density at radius 2 is 2.21 bits per heavy atom. The first-order valence-electron chi connectivity index (χ1n) is 4.99. The van der Waals surface area contributed by atoms with E-state index in [9.17, 15) is 8.42 Å². The quantitative estimate of drug-likeness (QED) is 0.436. The van der Waals surface area contributed by atoms with Gasteiger partial charge in [-0.2, -0.15) is 5.10 Å². The number of aromatic amines is 1. The van der Waals surface area contributed by atoms with Crippen molar-refractivity contribution < 1.29 is 8.42 Å². The molecule has 0 unspecified atom stereocenters. The minimum atomic E-state index is -3.74. The number of H-pyrrole nitrogens is 1. The number of pyridine rings is 1. The molecule has 0 aliphatic heterocycles. The topological polar surface area (TPSA) is 139 Å². The summed E-state index contributed by atoms with van der Waals surface area (Å²) in [5.41, 5.74) is 2.25. The summed E-state index contributed by atoms with van der Waals surface area (Å²) in [6.07, 6.45) is 2.42. The molecule has 2 heterocycles. The smallest absolute Gasteiger partial charge is 0.242 e. The van der Waals surface area contributed by atoms with E-state index >= 15 is 0 Å². The van der Waals surface area contributed by atoms with Crippen LogP contribution in [0.5, 0.6) is 0 Å². The summed E-state index contributed by atoms with van der Waals surface area (Å²) < 4.78 is 26.2. The fourth-order valence-corrected chi connectivity index (χ4v) is 2.48. The Labute approximate surface area is 113 Å². The van der Waals surface area contributed by atoms with Crippen molar-refractivity contribution in [1.29, 1.82) is 0 Å². The zero-order chi connectivity index (χ0) is 13.9. The number of halogens is 1. The Morgan fingerprint density at radius 1 is 1.42 bits per heavy atom. The van der Waals surface area contributed by atoms with E-state index in [1.54, 1.807) is 0 Å². The maximum absolute atomic E-state index is 12.0. The van der Waals surface area contributed by atoms with Crippen LogP contribution < -0.4 is 16.0 Å². The lowest BCUT2D eigenvalue weighted by atomic mass is 10.5. The van der Waals surface area contributed by atoms with Gasteiger partial charge in [0.05, 0.1) is 11.6 Å². The molecule has 0 radical (unpaired) electrons. The van der Waals surface area contributed by atoms with Gasteiger partial charge in [0.25, 0.3) is 0 Å². The highest BCUT2D eigenvalue weighted by molar-refractivity contribution is 7.89. The molecule has 9 nitrogen and oxygen atoms in total. The lowest BCUT2D eigenvalue weighted by molar-refractivity contribution is 0.579. The van der Waals surface area contributed by atoms with Gasteiger partial charge in [0.2, 0.25) is 10.0 Å². The lowest BCUT2D eigenvalue weighted by Crippen LogP contribution is -2.24. The molecule has 19 heavy (non-hydrogen) atoms. The first-order chi connectivity index (χ1) is 9.03. The monoisotopic (exact) mass is 303 g/mol. The molecule has 11 heteroatoms. The maximum Gasteiger partial charge on any atom is 0.242 e. The van der Waals surface area contributed by atoms with Gasteiger partial charge in [-0.3, -0.25) is 5.10 Å². The fourth-order valence-electron chi connectivity index (χ4n) is 1.24. The molecule has 0 amide bonds. The maximum atomic E-state index is 12.0. The van der Waals surface area contributed by atoms with Crippen LogP contribution in [0.25, 0.3) is 0 Å². The van der Waals surface area contributed by atoms with Gasteiger partial charge in [0, 0.05) is 6.20 Å². The number of hydrogen-bond donors (Lipinski definition) is 4. The van der Waals surface area contributed by atoms with Crippen LogP contribution >= 0.6 is 11.6 Å². The molecule has 5 N–H and O–H groups in total. The first-order valence-corrected chi connectivity index (χ1v) is 6.85. The predicted octanol–water partition coefficient (Wildman–Crippen LogP) is -0.383. The van der Waals surface area contributed by atoms with E-state index in [-0.39, 0.29) is 22.3 Å². The van der Waals surface area contributed by atoms with E-state index < -0.39 is 10.0 Å². The highest BCUT2D eigenvalue weighted by Crippen LogP contribution is 2.21. The summed E-state index contributed by atoms with van der Waals surface area (Å²) in [6.45, 7) is -0.0170. The number of sulfonamides is 1. The predicted molar refractivity (Wildman–Crippen MR) is 67.5 cm³/mol. The van der Waals surface area contributed by atoms with Crippen LogP contribution in [0.15, 0.2) is 23.5 Å². The molecule has 0 aliphatic carbocycles. The normalized spacial score (nSPS) is 11.5. The van der Waals surface area contributed by atoms with Gasteiger partial charge in [-0.1, -0.05) is 11.6 Å². The Balaban J connectivity index is 2.17. The van der Waals surface area contributed by atoms with Gasteiger partial charge in [0.1, 0.15) is 17.0 Å². The molecule has 102 valence electrons. The summed E-state index contributed by atoms with van der Waals surface area (Å²) in [6, 6.07) is 1.24. The van der Waals surface area contributed by atoms with Crippen molar-refractivity contribution in [2.24, 2.45) is 5.84 Å². The minimum Gasteiger partial charge on any atom is -0.307 e. The summed E-state index contributed by atoms with van der Waals surface area (Å²) in [5.74, 6) is 5.73. The summed E-state index contributed by atoms with van der Waals surface area (Å²) in [4.78, 5) is 7.51. The average molecular weight is 304 g/mol. The Kier molecular flexibility index (Phi) is 3.95. The van der Waals surface area contributed by atoms with Crippen molar-refractivity contribution >= 4 is 27.4 Å². The van der Waals surface area contributed by atoms with E-state index in [1.807, 2.05) is 0 Å². The number of aromatic nitrogens is 4. The van der Waals surface area contributed by atoms with Crippen molar-refractivity contribution in [3.63, 3.8) is 0 Å². The first kappa shape index (κ1) is 13.7. The van der Waals surface area contributed by atoms with Crippen molar-refractivity contribution in [2.75, 3.05) is 5.43 Å². The Hall–Kier alpha value is -1.75. The molecule has 0 aliphatic rings. The fraction of sp³-hybridized carbons (Fsp3) is 0.125. The second-order valence-corrected chi connectivity index (χ2v) is 5.58. The highest BCUT2D eigenvalue weighted by Gasteiger charge is 2.16. The largest absolute Gasteiger partial charge is 0.307 e. The van der Waals surface area contributed by atoms with Crippen LogP contribution in [0.2, 0.25) is 5.02 Å². The van der Waals surface area contributed by atoms with E-state index in [4.69, 9.17) is 17.4 Å². The molecule has 0 atom stereocenters. The molecule has 2 rings (SSSR count). The van der Waals surface area contributed by atoms with Crippen LogP contribution in [0.1, 0.15) is 5.82 Å². The molecular formula is C8H10ClN7O2S. The third kappa shape index (κ3) is 3.17. The van der Waals surface area contributed by atoms with E-state index in [0.717, 1.165) is 6.20 Å². The standard InChI is InChI=1S/C8H10ClN7O2S/c9-6-1-5(2-11-8(6)15-10)19(17,18)14-3-7-12-4-13-16-7/h1-2,4,14H,3,10H2,(H,11,15)(H,12,13,16). The zero-order valence-corrected chi connectivity index (χ0v) is 11.0. The van der Waals surface area contributed by atoms with E-state index in [1.165, 1.54) is 12.4 Å². The van der Waals surface area contributed by atoms with Crippen LogP contribution in [-0.4, -0.2) is 28.6 Å². The highest BCUT2D eigenvalue weighted by atomic mass is 35.5. The molecule has 0 saturated heterocycles. The van der Waals surface area contributed by atoms with Crippen LogP contribution in [-0.2, 0) is 16.6 Å². The number of nitrogen functional groups attached to an aromatic ring is 1. The number of nitrogens with one attached hydrogen (secondary N) is 3. The van der Waals surface area contributed by atoms with Crippen molar-refractivity contribution in [1.82, 2.24) is 24.9 Å². The molecule has 2 aromatic rings. The van der Waals surface area contributed by atoms with Gasteiger partial charge < -0.3 is 5.43 Å². The van der Waals surface area contributed by atoms with Gasteiger partial charge in [-0.25, -0.2) is 29.0 Å². The molecule has 0 aromatic carbocycles. The molecular weight excluding hydrogens is 294 g/mol. The third-order valence-electron chi connectivity index (χ3n) is 2.16. The van der Waals surface area contributed by atoms with Crippen molar-refractivity contribution in [3.8, 4) is 0 Å². The molecule has 0 fully saturated rings. The number of hydrazine groups is 1. The Morgan fingerprint density at radius 3 is 2.79 bits per heavy atom. The zero-order valence-electron chi connectivity index (χ0n) is 9.46. The van der Waals surface area contributed by atoms with E-state index in [2.05, 4.69) is 30.3 Å². The van der Waals surface area contributed by atoms with Gasteiger partial charge in [0.15, 0.2) is 5.82 Å². The molecule has 0 spiro atoms. The van der Waals surface area contributed by atoms with E-state index in [0.29, 0.717) is 5.82 Å². The number of hydrogen-bond acceptors (Lipinski definition) is 7. The summed E-state index contributed by atoms with van der Waals surface area (Å²) >= 11 is 5.81. The van der Waals surface area contributed by atoms with Crippen molar-refractivity contribution in [3.05, 3.63) is 29.4 Å². The van der Waals surface area contributed by atoms with Gasteiger partial charge >= 0.3 is 0 Å². The third-order valence-corrected chi connectivity index (χ3v) is 3.81. The van der Waals surface area contributed by atoms with Crippen molar-refractivity contribution in [2.45, 2.75) is 11.4 Å². The molecule has 2 aromatic heterocycles. The SMILES string of the molecule is NNc1ncc(S(=O)(=O)NCc2ncn[nH]2)cc1Cl. The molecule has 0 bridgehead atoms. The van der Waals surface area contributed by atoms with Crippen LogP contribution in [0, 0.1) is 0 Å². The molecule has 0 saturated carbocycles. The van der Waals surface area contributed by atoms with Crippen LogP contribution in [0.4, 0.5) is 5.82 Å². The Bertz CT molecular complexity index is 658. The minimum absolute atomic E-state index is 0.0170. The van der Waals surface area contributed by atoms with Gasteiger partial charge in [-0.15, -0.1) is 0 Å². The number of nitrogens with zero attached hydrogens (tertiary/aromatic N) is 3. The van der Waals surface area contributed by atoms with Crippen LogP contribution in [0.3, 0.4) is 0 Å². The summed E-state index contributed by atoms with van der Waals surface area (Å²) in [7, 11) is -3.74. The lowest BCUT2D eigenvalue weighted by Gasteiger charge is -2.07. The average Bonchev–Trinajstić information content (AvgIpc) is 2.89. The number of rotatable bonds is 5. The number of anilines is 1. The second kappa shape index (κ2) is 5.48. The summed E-state index contributed by atoms with van der Waals surface area (Å²) in [5, 5.41) is 6.24. The van der Waals surface area contributed by atoms with Gasteiger partial charge in [-0.05, 0) is 6.07 Å². The second-order valence-electron chi connectivity index (χ2n) is 3.40.